The van der Waals surface area contributed by atoms with Crippen molar-refractivity contribution in [1.82, 2.24) is 4.90 Å². The lowest BCUT2D eigenvalue weighted by Gasteiger charge is -2.33. The van der Waals surface area contributed by atoms with Crippen LogP contribution in [0.5, 0.6) is 0 Å². The number of esters is 1. The van der Waals surface area contributed by atoms with Crippen LogP contribution in [0.3, 0.4) is 0 Å². The molecule has 1 saturated heterocycles. The van der Waals surface area contributed by atoms with E-state index in [9.17, 15) is 9.59 Å². The van der Waals surface area contributed by atoms with Crippen molar-refractivity contribution in [3.63, 3.8) is 0 Å². The quantitative estimate of drug-likeness (QED) is 0.804. The van der Waals surface area contributed by atoms with Crippen LogP contribution in [0.1, 0.15) is 31.2 Å². The van der Waals surface area contributed by atoms with Gasteiger partial charge in [0.2, 0.25) is 5.91 Å². The standard InChI is InChI=1S/C17H20ClNO3/c1-22-15(20)12-5-9-19(10-6-12)16(21)17(7-8-17)13-3-2-4-14(18)11-13/h2-4,11-12H,5-10H2,1H3. The van der Waals surface area contributed by atoms with Crippen LogP contribution in [-0.4, -0.2) is 37.0 Å². The molecule has 0 radical (unpaired) electrons. The number of halogens is 1. The zero-order valence-corrected chi connectivity index (χ0v) is 13.4. The van der Waals surface area contributed by atoms with Gasteiger partial charge in [-0.2, -0.15) is 0 Å². The second-order valence-corrected chi connectivity index (χ2v) is 6.62. The number of likely N-dealkylation sites (tertiary alicyclic amines) is 1. The number of methoxy groups -OCH3 is 1. The molecule has 0 spiro atoms. The Morgan fingerprint density at radius 3 is 2.50 bits per heavy atom. The summed E-state index contributed by atoms with van der Waals surface area (Å²) in [6.07, 6.45) is 3.13. The Bertz CT molecular complexity index is 589. The molecule has 3 rings (SSSR count). The summed E-state index contributed by atoms with van der Waals surface area (Å²) in [4.78, 5) is 26.4. The Morgan fingerprint density at radius 2 is 1.95 bits per heavy atom. The number of carbonyl (C=O) groups is 2. The minimum atomic E-state index is -0.386. The second-order valence-electron chi connectivity index (χ2n) is 6.18. The largest absolute Gasteiger partial charge is 0.469 e. The third-order valence-corrected chi connectivity index (χ3v) is 5.09. The van der Waals surface area contributed by atoms with Gasteiger partial charge >= 0.3 is 5.97 Å². The molecule has 1 aromatic rings. The monoisotopic (exact) mass is 321 g/mol. The maximum absolute atomic E-state index is 12.9. The average molecular weight is 322 g/mol. The van der Waals surface area contributed by atoms with E-state index >= 15 is 0 Å². The summed E-state index contributed by atoms with van der Waals surface area (Å²) in [5.74, 6) is -0.0588. The van der Waals surface area contributed by atoms with Gasteiger partial charge in [-0.1, -0.05) is 23.7 Å². The summed E-state index contributed by atoms with van der Waals surface area (Å²) < 4.78 is 4.79. The molecule has 1 saturated carbocycles. The molecular weight excluding hydrogens is 302 g/mol. The van der Waals surface area contributed by atoms with Crippen molar-refractivity contribution in [3.05, 3.63) is 34.9 Å². The van der Waals surface area contributed by atoms with E-state index < -0.39 is 0 Å². The highest BCUT2D eigenvalue weighted by Crippen LogP contribution is 2.50. The third kappa shape index (κ3) is 2.72. The van der Waals surface area contributed by atoms with Gasteiger partial charge in [0.25, 0.3) is 0 Å². The molecule has 5 heteroatoms. The van der Waals surface area contributed by atoms with Crippen LogP contribution in [0.25, 0.3) is 0 Å². The zero-order valence-electron chi connectivity index (χ0n) is 12.7. The van der Waals surface area contributed by atoms with Gasteiger partial charge in [-0.3, -0.25) is 9.59 Å². The van der Waals surface area contributed by atoms with E-state index in [1.165, 1.54) is 7.11 Å². The molecule has 0 unspecified atom stereocenters. The summed E-state index contributed by atoms with van der Waals surface area (Å²) in [6, 6.07) is 7.60. The molecule has 0 bridgehead atoms. The summed E-state index contributed by atoms with van der Waals surface area (Å²) >= 11 is 6.06. The molecule has 2 aliphatic rings. The molecule has 4 nitrogen and oxygen atoms in total. The van der Waals surface area contributed by atoms with Crippen molar-refractivity contribution in [2.45, 2.75) is 31.1 Å². The van der Waals surface area contributed by atoms with Gasteiger partial charge in [0.15, 0.2) is 0 Å². The molecule has 0 atom stereocenters. The summed E-state index contributed by atoms with van der Waals surface area (Å²) in [6.45, 7) is 1.25. The Labute approximate surface area is 135 Å². The molecule has 1 aliphatic heterocycles. The maximum atomic E-state index is 12.9. The Morgan fingerprint density at radius 1 is 1.27 bits per heavy atom. The minimum absolute atomic E-state index is 0.0737. The van der Waals surface area contributed by atoms with E-state index in [-0.39, 0.29) is 23.2 Å². The van der Waals surface area contributed by atoms with E-state index in [2.05, 4.69) is 0 Å². The van der Waals surface area contributed by atoms with Gasteiger partial charge in [0.1, 0.15) is 0 Å². The number of nitrogens with zero attached hydrogens (tertiary/aromatic N) is 1. The van der Waals surface area contributed by atoms with Gasteiger partial charge in [0, 0.05) is 18.1 Å². The van der Waals surface area contributed by atoms with Crippen molar-refractivity contribution in [3.8, 4) is 0 Å². The molecule has 1 aromatic carbocycles. The van der Waals surface area contributed by atoms with E-state index in [4.69, 9.17) is 16.3 Å². The number of benzene rings is 1. The van der Waals surface area contributed by atoms with Gasteiger partial charge in [-0.15, -0.1) is 0 Å². The van der Waals surface area contributed by atoms with E-state index in [1.54, 1.807) is 0 Å². The number of amides is 1. The Balaban J connectivity index is 1.69. The van der Waals surface area contributed by atoms with Crippen LogP contribution >= 0.6 is 11.6 Å². The fourth-order valence-electron chi connectivity index (χ4n) is 3.32. The van der Waals surface area contributed by atoms with Crippen molar-refractivity contribution in [1.29, 1.82) is 0 Å². The van der Waals surface area contributed by atoms with Crippen LogP contribution in [-0.2, 0) is 19.7 Å². The van der Waals surface area contributed by atoms with E-state index in [1.807, 2.05) is 29.2 Å². The van der Waals surface area contributed by atoms with Crippen molar-refractivity contribution in [2.24, 2.45) is 5.92 Å². The Hall–Kier alpha value is -1.55. The lowest BCUT2D eigenvalue weighted by atomic mass is 9.91. The molecule has 1 heterocycles. The predicted octanol–water partition coefficient (Wildman–Crippen LogP) is 2.78. The topological polar surface area (TPSA) is 46.6 Å². The van der Waals surface area contributed by atoms with Crippen LogP contribution in [0.2, 0.25) is 5.02 Å². The molecule has 118 valence electrons. The SMILES string of the molecule is COC(=O)C1CCN(C(=O)C2(c3cccc(Cl)c3)CC2)CC1. The highest BCUT2D eigenvalue weighted by Gasteiger charge is 2.53. The number of piperidine rings is 1. The fraction of sp³-hybridized carbons (Fsp3) is 0.529. The first-order valence-corrected chi connectivity index (χ1v) is 8.08. The molecule has 1 aliphatic carbocycles. The molecule has 22 heavy (non-hydrogen) atoms. The third-order valence-electron chi connectivity index (χ3n) is 4.85. The minimum Gasteiger partial charge on any atom is -0.469 e. The molecular formula is C17H20ClNO3. The normalized spacial score (nSPS) is 20.5. The van der Waals surface area contributed by atoms with Gasteiger partial charge in [-0.05, 0) is 43.4 Å². The first-order chi connectivity index (χ1) is 10.6. The summed E-state index contributed by atoms with van der Waals surface area (Å²) in [5.41, 5.74) is 0.628. The first kappa shape index (κ1) is 15.3. The molecule has 1 amide bonds. The first-order valence-electron chi connectivity index (χ1n) is 7.70. The molecule has 0 N–H and O–H groups in total. The van der Waals surface area contributed by atoms with Gasteiger partial charge in [-0.25, -0.2) is 0 Å². The summed E-state index contributed by atoms with van der Waals surface area (Å²) in [5, 5.41) is 0.668. The van der Waals surface area contributed by atoms with Crippen LogP contribution in [0.4, 0.5) is 0 Å². The fourth-order valence-corrected chi connectivity index (χ4v) is 3.52. The highest BCUT2D eigenvalue weighted by molar-refractivity contribution is 6.30. The smallest absolute Gasteiger partial charge is 0.308 e. The van der Waals surface area contributed by atoms with E-state index in [0.29, 0.717) is 31.0 Å². The number of ether oxygens (including phenoxy) is 1. The second kappa shape index (κ2) is 5.92. The van der Waals surface area contributed by atoms with Crippen molar-refractivity contribution in [2.75, 3.05) is 20.2 Å². The van der Waals surface area contributed by atoms with Crippen molar-refractivity contribution >= 4 is 23.5 Å². The lowest BCUT2D eigenvalue weighted by Crippen LogP contribution is -2.45. The number of hydrogen-bond donors (Lipinski definition) is 0. The molecule has 0 aromatic heterocycles. The number of hydrogen-bond acceptors (Lipinski definition) is 3. The Kier molecular flexibility index (Phi) is 4.13. The highest BCUT2D eigenvalue weighted by atomic mass is 35.5. The van der Waals surface area contributed by atoms with E-state index in [0.717, 1.165) is 18.4 Å². The van der Waals surface area contributed by atoms with Crippen molar-refractivity contribution < 1.29 is 14.3 Å². The summed E-state index contributed by atoms with van der Waals surface area (Å²) in [7, 11) is 1.41. The van der Waals surface area contributed by atoms with Crippen LogP contribution in [0.15, 0.2) is 24.3 Å². The van der Waals surface area contributed by atoms with Crippen LogP contribution in [0, 0.1) is 5.92 Å². The lowest BCUT2D eigenvalue weighted by molar-refractivity contribution is -0.149. The van der Waals surface area contributed by atoms with Gasteiger partial charge < -0.3 is 9.64 Å². The van der Waals surface area contributed by atoms with Crippen LogP contribution < -0.4 is 0 Å². The maximum Gasteiger partial charge on any atom is 0.308 e. The van der Waals surface area contributed by atoms with Gasteiger partial charge in [0.05, 0.1) is 18.4 Å². The number of rotatable bonds is 3. The number of carbonyl (C=O) groups excluding carboxylic acids is 2. The predicted molar refractivity (Wildman–Crippen MR) is 83.7 cm³/mol. The average Bonchev–Trinajstić information content (AvgIpc) is 3.35. The molecule has 2 fully saturated rings. The zero-order chi connectivity index (χ0) is 15.7.